The van der Waals surface area contributed by atoms with Crippen molar-refractivity contribution < 1.29 is 14.6 Å². The van der Waals surface area contributed by atoms with E-state index in [1.807, 2.05) is 0 Å². The van der Waals surface area contributed by atoms with E-state index in [2.05, 4.69) is 45.5 Å². The van der Waals surface area contributed by atoms with E-state index in [0.717, 1.165) is 6.42 Å². The Morgan fingerprint density at radius 2 is 1.82 bits per heavy atom. The molecular formula is C13H23O3P. The number of hydrogen-bond acceptors (Lipinski definition) is 3. The lowest BCUT2D eigenvalue weighted by atomic mass is 9.90. The standard InChI is InChI=1S/C13H23O3P/c1-9(2)12(14)16-15-10(3)11(17-7)8-13(4,5)6/h11,17H,1,3,8H2,2,4-7H3. The summed E-state index contributed by atoms with van der Waals surface area (Å²) in [6.45, 7) is 17.4. The molecule has 98 valence electrons. The minimum atomic E-state index is -0.555. The van der Waals surface area contributed by atoms with Crippen LogP contribution in [0.2, 0.25) is 0 Å². The van der Waals surface area contributed by atoms with Gasteiger partial charge in [0.2, 0.25) is 0 Å². The summed E-state index contributed by atoms with van der Waals surface area (Å²) in [4.78, 5) is 20.8. The normalized spacial score (nSPS) is 13.5. The van der Waals surface area contributed by atoms with Crippen molar-refractivity contribution in [3.05, 3.63) is 24.5 Å². The molecule has 4 heteroatoms. The van der Waals surface area contributed by atoms with Crippen molar-refractivity contribution in [3.63, 3.8) is 0 Å². The quantitative estimate of drug-likeness (QED) is 0.240. The van der Waals surface area contributed by atoms with Gasteiger partial charge in [0, 0.05) is 11.2 Å². The molecule has 0 aromatic rings. The third kappa shape index (κ3) is 7.17. The largest absolute Gasteiger partial charge is 0.381 e. The second-order valence-corrected chi connectivity index (χ2v) is 6.58. The first kappa shape index (κ1) is 16.2. The third-order valence-electron chi connectivity index (χ3n) is 2.13. The predicted octanol–water partition coefficient (Wildman–Crippen LogP) is 3.66. The molecule has 2 unspecified atom stereocenters. The van der Waals surface area contributed by atoms with E-state index in [9.17, 15) is 4.79 Å². The van der Waals surface area contributed by atoms with Crippen LogP contribution >= 0.6 is 8.58 Å². The van der Waals surface area contributed by atoms with E-state index in [1.165, 1.54) is 0 Å². The van der Waals surface area contributed by atoms with Crippen LogP contribution in [0.4, 0.5) is 0 Å². The highest BCUT2D eigenvalue weighted by Crippen LogP contribution is 2.33. The minimum Gasteiger partial charge on any atom is -0.291 e. The Morgan fingerprint density at radius 3 is 2.18 bits per heavy atom. The summed E-state index contributed by atoms with van der Waals surface area (Å²) in [6, 6.07) is 0. The Balaban J connectivity index is 4.28. The molecule has 0 spiro atoms. The summed E-state index contributed by atoms with van der Waals surface area (Å²) in [5.41, 5.74) is 0.718. The van der Waals surface area contributed by atoms with Crippen LogP contribution in [0.15, 0.2) is 24.5 Å². The van der Waals surface area contributed by atoms with Crippen molar-refractivity contribution in [1.82, 2.24) is 0 Å². The SMILES string of the molecule is C=C(C)C(=O)OOC(=C)C(CC(C)(C)C)PC. The Hall–Kier alpha value is -0.820. The Kier molecular flexibility index (Phi) is 6.48. The molecule has 0 N–H and O–H groups in total. The molecule has 0 aliphatic carbocycles. The molecule has 0 saturated carbocycles. The fraction of sp³-hybridized carbons (Fsp3) is 0.615. The summed E-state index contributed by atoms with van der Waals surface area (Å²) in [5.74, 6) is -0.0459. The lowest BCUT2D eigenvalue weighted by Gasteiger charge is -2.25. The number of carbonyl (C=O) groups is 1. The fourth-order valence-electron chi connectivity index (χ4n) is 1.21. The van der Waals surface area contributed by atoms with Gasteiger partial charge < -0.3 is 0 Å². The Morgan fingerprint density at radius 1 is 1.29 bits per heavy atom. The first-order chi connectivity index (χ1) is 7.67. The molecular weight excluding hydrogens is 235 g/mol. The monoisotopic (exact) mass is 258 g/mol. The molecule has 0 aliphatic heterocycles. The van der Waals surface area contributed by atoms with Gasteiger partial charge in [0.25, 0.3) is 0 Å². The van der Waals surface area contributed by atoms with Gasteiger partial charge in [0.15, 0.2) is 5.76 Å². The number of allylic oxidation sites excluding steroid dienone is 1. The zero-order chi connectivity index (χ0) is 13.6. The fourth-order valence-corrected chi connectivity index (χ4v) is 2.40. The molecule has 0 radical (unpaired) electrons. The highest BCUT2D eigenvalue weighted by molar-refractivity contribution is 7.38. The smallest absolute Gasteiger partial charge is 0.291 e. The summed E-state index contributed by atoms with van der Waals surface area (Å²) in [7, 11) is 0.662. The molecule has 0 rings (SSSR count). The molecule has 3 nitrogen and oxygen atoms in total. The Labute approximate surface area is 106 Å². The summed E-state index contributed by atoms with van der Waals surface area (Å²) >= 11 is 0. The first-order valence-electron chi connectivity index (χ1n) is 5.58. The van der Waals surface area contributed by atoms with Crippen LogP contribution in [0, 0.1) is 5.41 Å². The van der Waals surface area contributed by atoms with Crippen molar-refractivity contribution in [2.45, 2.75) is 39.8 Å². The van der Waals surface area contributed by atoms with Crippen LogP contribution < -0.4 is 0 Å². The van der Waals surface area contributed by atoms with Crippen LogP contribution in [0.25, 0.3) is 0 Å². The summed E-state index contributed by atoms with van der Waals surface area (Å²) in [6.07, 6.45) is 0.950. The van der Waals surface area contributed by atoms with Crippen molar-refractivity contribution in [1.29, 1.82) is 0 Å². The molecule has 0 heterocycles. The van der Waals surface area contributed by atoms with Gasteiger partial charge >= 0.3 is 5.97 Å². The van der Waals surface area contributed by atoms with Crippen molar-refractivity contribution in [2.24, 2.45) is 5.41 Å². The van der Waals surface area contributed by atoms with Crippen LogP contribution in [-0.2, 0) is 14.6 Å². The van der Waals surface area contributed by atoms with Crippen LogP contribution in [-0.4, -0.2) is 18.3 Å². The lowest BCUT2D eigenvalue weighted by Crippen LogP contribution is -2.18. The number of carbonyl (C=O) groups excluding carboxylic acids is 1. The topological polar surface area (TPSA) is 35.5 Å². The van der Waals surface area contributed by atoms with Crippen LogP contribution in [0.1, 0.15) is 34.1 Å². The van der Waals surface area contributed by atoms with E-state index >= 15 is 0 Å². The summed E-state index contributed by atoms with van der Waals surface area (Å²) in [5, 5.41) is 0. The molecule has 0 amide bonds. The van der Waals surface area contributed by atoms with Gasteiger partial charge in [-0.3, -0.25) is 4.89 Å². The average molecular weight is 258 g/mol. The van der Waals surface area contributed by atoms with Gasteiger partial charge in [0.1, 0.15) is 0 Å². The molecule has 0 saturated heterocycles. The molecule has 17 heavy (non-hydrogen) atoms. The average Bonchev–Trinajstić information content (AvgIpc) is 2.20. The second-order valence-electron chi connectivity index (χ2n) is 5.31. The van der Waals surface area contributed by atoms with Gasteiger partial charge in [-0.25, -0.2) is 9.68 Å². The molecule has 0 aromatic heterocycles. The van der Waals surface area contributed by atoms with Gasteiger partial charge in [-0.1, -0.05) is 33.9 Å². The van der Waals surface area contributed by atoms with Gasteiger partial charge in [-0.05, 0) is 25.4 Å². The van der Waals surface area contributed by atoms with Gasteiger partial charge in [-0.15, -0.1) is 8.58 Å². The van der Waals surface area contributed by atoms with E-state index in [1.54, 1.807) is 6.92 Å². The maximum Gasteiger partial charge on any atom is 0.381 e. The molecule has 0 fully saturated rings. The van der Waals surface area contributed by atoms with E-state index < -0.39 is 5.97 Å². The first-order valence-corrected chi connectivity index (χ1v) is 7.15. The molecule has 0 aromatic carbocycles. The minimum absolute atomic E-state index is 0.193. The van der Waals surface area contributed by atoms with Crippen LogP contribution in [0.3, 0.4) is 0 Å². The molecule has 0 aliphatic rings. The second kappa shape index (κ2) is 6.80. The van der Waals surface area contributed by atoms with E-state index in [4.69, 9.17) is 4.89 Å². The van der Waals surface area contributed by atoms with Gasteiger partial charge in [0.05, 0.1) is 0 Å². The van der Waals surface area contributed by atoms with Crippen molar-refractivity contribution in [3.8, 4) is 0 Å². The maximum atomic E-state index is 11.2. The van der Waals surface area contributed by atoms with Gasteiger partial charge in [-0.2, -0.15) is 0 Å². The zero-order valence-electron chi connectivity index (χ0n) is 11.4. The third-order valence-corrected chi connectivity index (χ3v) is 3.35. The summed E-state index contributed by atoms with van der Waals surface area (Å²) < 4.78 is 0. The Bertz CT molecular complexity index is 302. The van der Waals surface area contributed by atoms with Crippen LogP contribution in [0.5, 0.6) is 0 Å². The van der Waals surface area contributed by atoms with E-state index in [-0.39, 0.29) is 11.1 Å². The highest BCUT2D eigenvalue weighted by atomic mass is 31.1. The zero-order valence-corrected chi connectivity index (χ0v) is 12.4. The van der Waals surface area contributed by atoms with Crippen molar-refractivity contribution >= 4 is 14.6 Å². The number of rotatable bonds is 6. The highest BCUT2D eigenvalue weighted by Gasteiger charge is 2.22. The lowest BCUT2D eigenvalue weighted by molar-refractivity contribution is -0.244. The van der Waals surface area contributed by atoms with E-state index in [0.29, 0.717) is 19.9 Å². The number of hydrogen-bond donors (Lipinski definition) is 0. The predicted molar refractivity (Wildman–Crippen MR) is 73.2 cm³/mol. The maximum absolute atomic E-state index is 11.2. The van der Waals surface area contributed by atoms with Crippen molar-refractivity contribution in [2.75, 3.05) is 6.66 Å². The molecule has 0 bridgehead atoms. The molecule has 2 atom stereocenters.